The highest BCUT2D eigenvalue weighted by atomic mass is 35.5. The number of amides is 3. The molecule has 0 spiro atoms. The molecule has 2 aromatic carbocycles. The maximum Gasteiger partial charge on any atom is 0.252 e. The van der Waals surface area contributed by atoms with E-state index in [1.54, 1.807) is 12.1 Å². The Kier molecular flexibility index (Phi) is 8.62. The Bertz CT molecular complexity index is 1700. The van der Waals surface area contributed by atoms with Gasteiger partial charge in [0.15, 0.2) is 0 Å². The average Bonchev–Trinajstić information content (AvgIpc) is 3.35. The lowest BCUT2D eigenvalue weighted by Gasteiger charge is -2.39. The van der Waals surface area contributed by atoms with Gasteiger partial charge in [-0.25, -0.2) is 18.2 Å². The lowest BCUT2D eigenvalue weighted by Crippen LogP contribution is -2.56. The molecule has 1 aromatic heterocycles. The van der Waals surface area contributed by atoms with E-state index < -0.39 is 66.0 Å². The van der Waals surface area contributed by atoms with Crippen LogP contribution in [0.25, 0.3) is 0 Å². The number of anilines is 2. The maximum atomic E-state index is 15.2. The molecule has 234 valence electrons. The summed E-state index contributed by atoms with van der Waals surface area (Å²) in [4.78, 5) is 48.2. The van der Waals surface area contributed by atoms with E-state index in [0.717, 1.165) is 21.9 Å². The van der Waals surface area contributed by atoms with E-state index in [9.17, 15) is 33.5 Å². The molecule has 2 aliphatic rings. The number of nitriles is 1. The van der Waals surface area contributed by atoms with Crippen molar-refractivity contribution in [2.75, 3.05) is 9.80 Å². The van der Waals surface area contributed by atoms with Gasteiger partial charge >= 0.3 is 0 Å². The summed E-state index contributed by atoms with van der Waals surface area (Å²) in [5.41, 5.74) is -1.33. The van der Waals surface area contributed by atoms with E-state index >= 15 is 4.39 Å². The van der Waals surface area contributed by atoms with Crippen LogP contribution < -0.4 is 15.1 Å². The topological polar surface area (TPSA) is 127 Å². The summed E-state index contributed by atoms with van der Waals surface area (Å²) in [5.74, 6) is -5.90. The zero-order valence-electron chi connectivity index (χ0n) is 24.3. The molecule has 2 heterocycles. The smallest absolute Gasteiger partial charge is 0.252 e. The van der Waals surface area contributed by atoms with Crippen molar-refractivity contribution in [3.8, 4) is 6.07 Å². The number of benzene rings is 2. The Morgan fingerprint density at radius 3 is 2.56 bits per heavy atom. The highest BCUT2D eigenvalue weighted by molar-refractivity contribution is 6.31. The van der Waals surface area contributed by atoms with Gasteiger partial charge in [-0.15, -0.1) is 0 Å². The molecule has 1 saturated heterocycles. The SMILES string of the molecule is CC(C)(O)c1cc(F)cc(N(C(=O)[C@@H]2CCC(=O)N2c2cc(C#N)ccn2)C(C(=O)NC2CC(F)(F)C2)c2ccccc2Cl)c1. The average molecular weight is 640 g/mol. The minimum absolute atomic E-state index is 0.00793. The van der Waals surface area contributed by atoms with Gasteiger partial charge in [0.2, 0.25) is 11.8 Å². The summed E-state index contributed by atoms with van der Waals surface area (Å²) in [5, 5.41) is 22.8. The number of rotatable bonds is 8. The number of halogens is 4. The van der Waals surface area contributed by atoms with Crippen molar-refractivity contribution in [1.82, 2.24) is 10.3 Å². The minimum atomic E-state index is -2.95. The van der Waals surface area contributed by atoms with Gasteiger partial charge < -0.3 is 10.4 Å². The zero-order valence-corrected chi connectivity index (χ0v) is 25.1. The third-order valence-electron chi connectivity index (χ3n) is 7.87. The number of aliphatic hydroxyl groups is 1. The number of nitrogens with zero attached hydrogens (tertiary/aromatic N) is 4. The van der Waals surface area contributed by atoms with E-state index in [1.165, 1.54) is 50.4 Å². The monoisotopic (exact) mass is 639 g/mol. The fourth-order valence-corrected chi connectivity index (χ4v) is 5.83. The summed E-state index contributed by atoms with van der Waals surface area (Å²) in [6, 6.07) is 10.5. The van der Waals surface area contributed by atoms with Crippen LogP contribution in [0.4, 0.5) is 24.7 Å². The number of aromatic nitrogens is 1. The third kappa shape index (κ3) is 6.65. The number of hydrogen-bond acceptors (Lipinski definition) is 6. The Morgan fingerprint density at radius 1 is 1.20 bits per heavy atom. The predicted molar refractivity (Wildman–Crippen MR) is 159 cm³/mol. The molecule has 5 rings (SSSR count). The molecular formula is C32H29ClF3N5O4. The third-order valence-corrected chi connectivity index (χ3v) is 8.21. The van der Waals surface area contributed by atoms with Crippen molar-refractivity contribution in [2.45, 2.75) is 69.2 Å². The van der Waals surface area contributed by atoms with Crippen molar-refractivity contribution >= 4 is 40.8 Å². The number of alkyl halides is 2. The van der Waals surface area contributed by atoms with Gasteiger partial charge in [0.05, 0.1) is 17.2 Å². The van der Waals surface area contributed by atoms with E-state index in [2.05, 4.69) is 10.3 Å². The zero-order chi connectivity index (χ0) is 32.7. The molecule has 1 aliphatic heterocycles. The fourth-order valence-electron chi connectivity index (χ4n) is 5.59. The van der Waals surface area contributed by atoms with E-state index in [-0.39, 0.29) is 46.1 Å². The minimum Gasteiger partial charge on any atom is -0.386 e. The van der Waals surface area contributed by atoms with Gasteiger partial charge in [-0.05, 0) is 62.2 Å². The molecule has 3 amide bonds. The number of carbonyl (C=O) groups is 3. The molecule has 2 atom stereocenters. The standard InChI is InChI=1S/C32H29ClF3N5O4/c1-31(2,45)19-12-20(34)14-22(13-19)40(30(44)25-7-8-27(42)41(25)26-11-18(17-37)9-10-38-26)28(23-5-3-4-6-24(23)33)29(43)39-21-15-32(35,36)16-21/h3-6,9-14,21,25,28,45H,7-8,15-16H2,1-2H3,(H,39,43)/t25-,28?/m0/s1. The maximum absolute atomic E-state index is 15.2. The molecule has 2 fully saturated rings. The Morgan fingerprint density at radius 2 is 1.91 bits per heavy atom. The second kappa shape index (κ2) is 12.1. The van der Waals surface area contributed by atoms with Crippen LogP contribution in [0.2, 0.25) is 5.02 Å². The summed E-state index contributed by atoms with van der Waals surface area (Å²) in [6.45, 7) is 2.83. The van der Waals surface area contributed by atoms with Crippen LogP contribution in [0.1, 0.15) is 62.3 Å². The molecule has 1 unspecified atom stereocenters. The van der Waals surface area contributed by atoms with Gasteiger partial charge in [-0.2, -0.15) is 5.26 Å². The Balaban J connectivity index is 1.68. The first-order chi connectivity index (χ1) is 21.2. The van der Waals surface area contributed by atoms with Crippen molar-refractivity contribution in [3.05, 3.63) is 88.3 Å². The van der Waals surface area contributed by atoms with Crippen LogP contribution >= 0.6 is 11.6 Å². The van der Waals surface area contributed by atoms with Crippen LogP contribution in [0.5, 0.6) is 0 Å². The second-order valence-electron chi connectivity index (χ2n) is 11.7. The Hall–Kier alpha value is -4.47. The summed E-state index contributed by atoms with van der Waals surface area (Å²) >= 11 is 6.55. The van der Waals surface area contributed by atoms with Gasteiger partial charge in [-0.3, -0.25) is 24.2 Å². The van der Waals surface area contributed by atoms with Crippen molar-refractivity contribution in [1.29, 1.82) is 5.26 Å². The first kappa shape index (κ1) is 31.9. The quantitative estimate of drug-likeness (QED) is 0.351. The Labute approximate surface area is 262 Å². The normalized spacial score (nSPS) is 18.6. The fraction of sp³-hybridized carbons (Fsp3) is 0.344. The summed E-state index contributed by atoms with van der Waals surface area (Å²) in [6.07, 6.45) is 0.0371. The van der Waals surface area contributed by atoms with Crippen LogP contribution in [-0.4, -0.2) is 45.8 Å². The predicted octanol–water partition coefficient (Wildman–Crippen LogP) is 5.16. The molecule has 9 nitrogen and oxygen atoms in total. The van der Waals surface area contributed by atoms with Crippen LogP contribution in [-0.2, 0) is 20.0 Å². The molecule has 1 saturated carbocycles. The van der Waals surface area contributed by atoms with Crippen LogP contribution in [0.3, 0.4) is 0 Å². The van der Waals surface area contributed by atoms with Gasteiger partial charge in [0, 0.05) is 47.8 Å². The summed E-state index contributed by atoms with van der Waals surface area (Å²) in [7, 11) is 0. The van der Waals surface area contributed by atoms with Gasteiger partial charge in [-0.1, -0.05) is 29.8 Å². The van der Waals surface area contributed by atoms with E-state index in [0.29, 0.717) is 0 Å². The van der Waals surface area contributed by atoms with Crippen LogP contribution in [0, 0.1) is 17.1 Å². The first-order valence-electron chi connectivity index (χ1n) is 14.2. The lowest BCUT2D eigenvalue weighted by molar-refractivity contribution is -0.133. The lowest BCUT2D eigenvalue weighted by atomic mass is 9.87. The number of hydrogen-bond donors (Lipinski definition) is 2. The number of carbonyl (C=O) groups excluding carboxylic acids is 3. The van der Waals surface area contributed by atoms with Crippen LogP contribution in [0.15, 0.2) is 60.8 Å². The molecule has 13 heteroatoms. The number of nitrogens with one attached hydrogen (secondary N) is 1. The molecular weight excluding hydrogens is 611 g/mol. The second-order valence-corrected chi connectivity index (χ2v) is 12.1. The summed E-state index contributed by atoms with van der Waals surface area (Å²) < 4.78 is 42.6. The largest absolute Gasteiger partial charge is 0.386 e. The van der Waals surface area contributed by atoms with E-state index in [1.807, 2.05) is 6.07 Å². The molecule has 2 N–H and O–H groups in total. The van der Waals surface area contributed by atoms with Gasteiger partial charge in [0.25, 0.3) is 11.8 Å². The van der Waals surface area contributed by atoms with E-state index in [4.69, 9.17) is 11.6 Å². The van der Waals surface area contributed by atoms with Crippen molar-refractivity contribution in [3.63, 3.8) is 0 Å². The molecule has 45 heavy (non-hydrogen) atoms. The number of pyridine rings is 1. The van der Waals surface area contributed by atoms with Crippen molar-refractivity contribution < 1.29 is 32.7 Å². The molecule has 3 aromatic rings. The molecule has 0 bridgehead atoms. The molecule has 1 aliphatic carbocycles. The highest BCUT2D eigenvalue weighted by Crippen LogP contribution is 2.40. The molecule has 0 radical (unpaired) electrons. The van der Waals surface area contributed by atoms with Gasteiger partial charge in [0.1, 0.15) is 23.7 Å². The van der Waals surface area contributed by atoms with Crippen molar-refractivity contribution in [2.24, 2.45) is 0 Å². The first-order valence-corrected chi connectivity index (χ1v) is 14.5. The highest BCUT2D eigenvalue weighted by Gasteiger charge is 2.49.